The second kappa shape index (κ2) is 8.78. The normalized spacial score (nSPS) is 11.1. The van der Waals surface area contributed by atoms with Crippen LogP contribution in [0.2, 0.25) is 0 Å². The molecule has 0 radical (unpaired) electrons. The molecule has 2 rings (SSSR count). The lowest BCUT2D eigenvalue weighted by atomic mass is 10.1. The highest BCUT2D eigenvalue weighted by atomic mass is 19.1. The van der Waals surface area contributed by atoms with Gasteiger partial charge in [0.05, 0.1) is 0 Å². The molecule has 0 heterocycles. The van der Waals surface area contributed by atoms with Crippen LogP contribution in [0.4, 0.5) is 4.39 Å². The van der Waals surface area contributed by atoms with Gasteiger partial charge in [0.25, 0.3) is 11.8 Å². The topological polar surface area (TPSA) is 58.2 Å². The van der Waals surface area contributed by atoms with E-state index in [1.54, 1.807) is 24.3 Å². The third kappa shape index (κ3) is 5.57. The summed E-state index contributed by atoms with van der Waals surface area (Å²) in [5.74, 6) is -1.12. The molecule has 2 aromatic rings. The SMILES string of the molecule is CCCNC(=O)C(=Cc1ccc(F)cc1)NC(=O)c1ccc(C)cc1. The van der Waals surface area contributed by atoms with E-state index in [4.69, 9.17) is 0 Å². The largest absolute Gasteiger partial charge is 0.351 e. The van der Waals surface area contributed by atoms with Gasteiger partial charge in [0.15, 0.2) is 0 Å². The summed E-state index contributed by atoms with van der Waals surface area (Å²) in [4.78, 5) is 24.7. The molecule has 25 heavy (non-hydrogen) atoms. The molecule has 130 valence electrons. The molecule has 0 fully saturated rings. The summed E-state index contributed by atoms with van der Waals surface area (Å²) < 4.78 is 13.0. The summed E-state index contributed by atoms with van der Waals surface area (Å²) in [6.45, 7) is 4.37. The lowest BCUT2D eigenvalue weighted by molar-refractivity contribution is -0.117. The quantitative estimate of drug-likeness (QED) is 0.792. The van der Waals surface area contributed by atoms with E-state index in [1.807, 2.05) is 26.0 Å². The van der Waals surface area contributed by atoms with E-state index in [1.165, 1.54) is 18.2 Å². The Kier molecular flexibility index (Phi) is 6.46. The lowest BCUT2D eigenvalue weighted by Gasteiger charge is -2.11. The van der Waals surface area contributed by atoms with Crippen LogP contribution < -0.4 is 10.6 Å². The first-order chi connectivity index (χ1) is 12.0. The van der Waals surface area contributed by atoms with Crippen molar-refractivity contribution in [3.63, 3.8) is 0 Å². The van der Waals surface area contributed by atoms with Crippen LogP contribution in [0.3, 0.4) is 0 Å². The Balaban J connectivity index is 2.24. The Bertz CT molecular complexity index is 765. The zero-order valence-electron chi connectivity index (χ0n) is 14.3. The molecule has 0 aliphatic rings. The number of carbonyl (C=O) groups excluding carboxylic acids is 2. The Morgan fingerprint density at radius 3 is 2.28 bits per heavy atom. The van der Waals surface area contributed by atoms with Crippen LogP contribution in [0.5, 0.6) is 0 Å². The lowest BCUT2D eigenvalue weighted by Crippen LogP contribution is -2.35. The average Bonchev–Trinajstić information content (AvgIpc) is 2.61. The summed E-state index contributed by atoms with van der Waals surface area (Å²) in [7, 11) is 0. The van der Waals surface area contributed by atoms with E-state index in [0.717, 1.165) is 12.0 Å². The Morgan fingerprint density at radius 1 is 1.04 bits per heavy atom. The van der Waals surface area contributed by atoms with Gasteiger partial charge in [0.1, 0.15) is 11.5 Å². The van der Waals surface area contributed by atoms with Gasteiger partial charge in [-0.3, -0.25) is 9.59 Å². The van der Waals surface area contributed by atoms with Crippen molar-refractivity contribution in [1.29, 1.82) is 0 Å². The predicted octanol–water partition coefficient (Wildman–Crippen LogP) is 3.43. The number of hydrogen-bond acceptors (Lipinski definition) is 2. The number of carbonyl (C=O) groups is 2. The molecule has 0 aliphatic carbocycles. The molecule has 0 saturated carbocycles. The van der Waals surface area contributed by atoms with E-state index in [9.17, 15) is 14.0 Å². The molecule has 0 aromatic heterocycles. The maximum absolute atomic E-state index is 13.0. The van der Waals surface area contributed by atoms with Crippen LogP contribution in [-0.2, 0) is 4.79 Å². The highest BCUT2D eigenvalue weighted by Gasteiger charge is 2.14. The number of rotatable bonds is 6. The first-order valence-electron chi connectivity index (χ1n) is 8.13. The van der Waals surface area contributed by atoms with Crippen LogP contribution in [0.15, 0.2) is 54.2 Å². The number of halogens is 1. The predicted molar refractivity (Wildman–Crippen MR) is 96.3 cm³/mol. The van der Waals surface area contributed by atoms with E-state index in [2.05, 4.69) is 10.6 Å². The van der Waals surface area contributed by atoms with E-state index in [0.29, 0.717) is 17.7 Å². The van der Waals surface area contributed by atoms with Crippen molar-refractivity contribution in [2.45, 2.75) is 20.3 Å². The molecule has 4 nitrogen and oxygen atoms in total. The third-order valence-corrected chi connectivity index (χ3v) is 3.52. The second-order valence-corrected chi connectivity index (χ2v) is 5.69. The van der Waals surface area contributed by atoms with Crippen LogP contribution in [-0.4, -0.2) is 18.4 Å². The molecule has 0 spiro atoms. The third-order valence-electron chi connectivity index (χ3n) is 3.52. The van der Waals surface area contributed by atoms with Gasteiger partial charge in [-0.1, -0.05) is 36.8 Å². The van der Waals surface area contributed by atoms with E-state index in [-0.39, 0.29) is 23.3 Å². The van der Waals surface area contributed by atoms with Crippen molar-refractivity contribution >= 4 is 17.9 Å². The van der Waals surface area contributed by atoms with Gasteiger partial charge in [-0.2, -0.15) is 0 Å². The van der Waals surface area contributed by atoms with Gasteiger partial charge >= 0.3 is 0 Å². The molecule has 5 heteroatoms. The highest BCUT2D eigenvalue weighted by Crippen LogP contribution is 2.09. The van der Waals surface area contributed by atoms with E-state index < -0.39 is 0 Å². The Hall–Kier alpha value is -2.95. The van der Waals surface area contributed by atoms with Gasteiger partial charge in [-0.25, -0.2) is 4.39 Å². The van der Waals surface area contributed by atoms with Crippen molar-refractivity contribution in [3.05, 3.63) is 76.7 Å². The maximum Gasteiger partial charge on any atom is 0.267 e. The van der Waals surface area contributed by atoms with Crippen molar-refractivity contribution in [1.82, 2.24) is 10.6 Å². The van der Waals surface area contributed by atoms with Crippen LogP contribution >= 0.6 is 0 Å². The summed E-state index contributed by atoms with van der Waals surface area (Å²) in [6, 6.07) is 12.7. The maximum atomic E-state index is 13.0. The molecule has 0 bridgehead atoms. The number of aryl methyl sites for hydroxylation is 1. The standard InChI is InChI=1S/C20H21FN2O2/c1-3-12-22-20(25)18(13-15-6-10-17(21)11-7-15)23-19(24)16-8-4-14(2)5-9-16/h4-11,13H,3,12H2,1-2H3,(H,22,25)(H,23,24). The van der Waals surface area contributed by atoms with Crippen LogP contribution in [0.1, 0.15) is 34.8 Å². The molecular weight excluding hydrogens is 319 g/mol. The minimum absolute atomic E-state index is 0.116. The van der Waals surface area contributed by atoms with Crippen molar-refractivity contribution in [3.8, 4) is 0 Å². The monoisotopic (exact) mass is 340 g/mol. The molecule has 2 N–H and O–H groups in total. The fourth-order valence-electron chi connectivity index (χ4n) is 2.12. The first-order valence-corrected chi connectivity index (χ1v) is 8.13. The van der Waals surface area contributed by atoms with Crippen LogP contribution in [0.25, 0.3) is 6.08 Å². The molecule has 0 aliphatic heterocycles. The molecule has 2 amide bonds. The second-order valence-electron chi connectivity index (χ2n) is 5.69. The molecular formula is C20H21FN2O2. The smallest absolute Gasteiger partial charge is 0.267 e. The number of benzene rings is 2. The summed E-state index contributed by atoms with van der Waals surface area (Å²) in [6.07, 6.45) is 2.30. The first kappa shape index (κ1) is 18.4. The number of amides is 2. The van der Waals surface area contributed by atoms with Gasteiger partial charge in [0.2, 0.25) is 0 Å². The summed E-state index contributed by atoms with van der Waals surface area (Å²) >= 11 is 0. The van der Waals surface area contributed by atoms with Gasteiger partial charge in [-0.05, 0) is 49.2 Å². The number of nitrogens with one attached hydrogen (secondary N) is 2. The minimum Gasteiger partial charge on any atom is -0.351 e. The van der Waals surface area contributed by atoms with Gasteiger partial charge in [-0.15, -0.1) is 0 Å². The fraction of sp³-hybridized carbons (Fsp3) is 0.200. The minimum atomic E-state index is -0.383. The van der Waals surface area contributed by atoms with Crippen molar-refractivity contribution in [2.75, 3.05) is 6.54 Å². The Morgan fingerprint density at radius 2 is 1.68 bits per heavy atom. The summed E-state index contributed by atoms with van der Waals surface area (Å²) in [5, 5.41) is 5.37. The van der Waals surface area contributed by atoms with Crippen LogP contribution in [0, 0.1) is 12.7 Å². The molecule has 0 unspecified atom stereocenters. The van der Waals surface area contributed by atoms with Crippen molar-refractivity contribution in [2.24, 2.45) is 0 Å². The van der Waals surface area contributed by atoms with Crippen molar-refractivity contribution < 1.29 is 14.0 Å². The van der Waals surface area contributed by atoms with Gasteiger partial charge < -0.3 is 10.6 Å². The molecule has 0 atom stereocenters. The zero-order valence-corrected chi connectivity index (χ0v) is 14.3. The Labute approximate surface area is 146 Å². The zero-order chi connectivity index (χ0) is 18.2. The summed E-state index contributed by atoms with van der Waals surface area (Å²) in [5.41, 5.74) is 2.23. The number of hydrogen-bond donors (Lipinski definition) is 2. The molecule has 0 saturated heterocycles. The average molecular weight is 340 g/mol. The molecule has 2 aromatic carbocycles. The fourth-order valence-corrected chi connectivity index (χ4v) is 2.12. The van der Waals surface area contributed by atoms with Gasteiger partial charge in [0, 0.05) is 12.1 Å². The highest BCUT2D eigenvalue weighted by molar-refractivity contribution is 6.05. The van der Waals surface area contributed by atoms with E-state index >= 15 is 0 Å².